The molecule has 43 heavy (non-hydrogen) atoms. The second-order valence-electron chi connectivity index (χ2n) is 11.4. The normalized spacial score (nSPS) is 13.0. The highest BCUT2D eigenvalue weighted by molar-refractivity contribution is 9.10. The zero-order valence-corrected chi connectivity index (χ0v) is 25.7. The van der Waals surface area contributed by atoms with E-state index in [1.54, 1.807) is 21.7 Å². The number of fused-ring (bicyclic) bond motifs is 2. The summed E-state index contributed by atoms with van der Waals surface area (Å²) in [6, 6.07) is 25.0. The minimum absolute atomic E-state index is 0.194. The second kappa shape index (κ2) is 11.5. The number of carbonyl (C=O) groups is 2. The molecule has 2 amide bonds. The highest BCUT2D eigenvalue weighted by atomic mass is 79.9. The van der Waals surface area contributed by atoms with E-state index in [9.17, 15) is 9.59 Å². The molecule has 0 saturated heterocycles. The Kier molecular flexibility index (Phi) is 7.62. The predicted molar refractivity (Wildman–Crippen MR) is 171 cm³/mol. The third-order valence-corrected chi connectivity index (χ3v) is 7.58. The molecule has 1 aliphatic heterocycles. The lowest BCUT2D eigenvalue weighted by atomic mass is 9.97. The Bertz CT molecular complexity index is 1810. The molecular weight excluding hydrogens is 608 g/mol. The third-order valence-electron chi connectivity index (χ3n) is 7.05. The van der Waals surface area contributed by atoms with E-state index in [0.29, 0.717) is 36.7 Å². The minimum Gasteiger partial charge on any atom is -0.444 e. The van der Waals surface area contributed by atoms with E-state index >= 15 is 0 Å². The molecule has 0 aliphatic carbocycles. The van der Waals surface area contributed by atoms with Crippen LogP contribution in [0.2, 0.25) is 0 Å². The number of benzene rings is 3. The number of ether oxygens (including phenoxy) is 1. The molecule has 6 rings (SSSR count). The van der Waals surface area contributed by atoms with Gasteiger partial charge >= 0.3 is 6.09 Å². The molecule has 2 aromatic heterocycles. The fraction of sp³-hybridized carbons (Fsp3) is 0.212. The van der Waals surface area contributed by atoms with Crippen molar-refractivity contribution in [1.82, 2.24) is 19.5 Å². The van der Waals surface area contributed by atoms with E-state index in [1.165, 1.54) is 0 Å². The SMILES string of the molecule is CC(C)(C)OC(=O)N1CCc2cc(C(=O)Nc3ccc(Nc4nc(-c5ccc(Br)cc5)cc5ccnn45)cc3)ccc2C1. The zero-order chi connectivity index (χ0) is 30.1. The first-order chi connectivity index (χ1) is 20.6. The van der Waals surface area contributed by atoms with Gasteiger partial charge in [-0.2, -0.15) is 5.10 Å². The number of amides is 2. The first kappa shape index (κ1) is 28.4. The largest absolute Gasteiger partial charge is 0.444 e. The number of carbonyl (C=O) groups excluding carboxylic acids is 2. The van der Waals surface area contributed by atoms with Crippen molar-refractivity contribution in [3.05, 3.63) is 106 Å². The van der Waals surface area contributed by atoms with Crippen molar-refractivity contribution in [3.63, 3.8) is 0 Å². The van der Waals surface area contributed by atoms with Crippen molar-refractivity contribution in [2.24, 2.45) is 0 Å². The van der Waals surface area contributed by atoms with E-state index in [-0.39, 0.29) is 12.0 Å². The van der Waals surface area contributed by atoms with Gasteiger partial charge in [0.2, 0.25) is 5.95 Å². The number of nitrogens with zero attached hydrogens (tertiary/aromatic N) is 4. The molecule has 0 atom stereocenters. The van der Waals surface area contributed by atoms with E-state index < -0.39 is 5.60 Å². The van der Waals surface area contributed by atoms with E-state index in [2.05, 4.69) is 31.7 Å². The molecule has 10 heteroatoms. The van der Waals surface area contributed by atoms with Crippen molar-refractivity contribution in [1.29, 1.82) is 0 Å². The average molecular weight is 640 g/mol. The van der Waals surface area contributed by atoms with Gasteiger partial charge < -0.3 is 20.3 Å². The molecular formula is C33H31BrN6O3. The molecule has 9 nitrogen and oxygen atoms in total. The van der Waals surface area contributed by atoms with Crippen molar-refractivity contribution < 1.29 is 14.3 Å². The summed E-state index contributed by atoms with van der Waals surface area (Å²) in [5.41, 5.74) is 6.34. The second-order valence-corrected chi connectivity index (χ2v) is 12.3. The molecule has 0 saturated carbocycles. The number of aromatic nitrogens is 3. The predicted octanol–water partition coefficient (Wildman–Crippen LogP) is 7.45. The highest BCUT2D eigenvalue weighted by Gasteiger charge is 2.26. The molecule has 0 spiro atoms. The number of halogens is 1. The summed E-state index contributed by atoms with van der Waals surface area (Å²) in [6.07, 6.45) is 2.08. The third kappa shape index (κ3) is 6.54. The van der Waals surface area contributed by atoms with Gasteiger partial charge in [-0.3, -0.25) is 4.79 Å². The Morgan fingerprint density at radius 2 is 1.65 bits per heavy atom. The first-order valence-electron chi connectivity index (χ1n) is 14.0. The van der Waals surface area contributed by atoms with E-state index in [1.807, 2.05) is 93.6 Å². The fourth-order valence-electron chi connectivity index (χ4n) is 4.93. The van der Waals surface area contributed by atoms with Gasteiger partial charge in [-0.15, -0.1) is 0 Å². The van der Waals surface area contributed by atoms with Crippen LogP contribution in [0.15, 0.2) is 89.5 Å². The summed E-state index contributed by atoms with van der Waals surface area (Å²) in [5, 5.41) is 10.7. The van der Waals surface area contributed by atoms with Crippen LogP contribution in [0.4, 0.5) is 22.1 Å². The van der Waals surface area contributed by atoms with Crippen LogP contribution in [-0.2, 0) is 17.7 Å². The monoisotopic (exact) mass is 638 g/mol. The fourth-order valence-corrected chi connectivity index (χ4v) is 5.19. The van der Waals surface area contributed by atoms with E-state index in [0.717, 1.165) is 38.1 Å². The Labute approximate surface area is 258 Å². The van der Waals surface area contributed by atoms with Crippen LogP contribution in [0.1, 0.15) is 42.3 Å². The van der Waals surface area contributed by atoms with Gasteiger partial charge in [0.1, 0.15) is 5.60 Å². The summed E-state index contributed by atoms with van der Waals surface area (Å²) >= 11 is 3.48. The Morgan fingerprint density at radius 1 is 0.907 bits per heavy atom. The molecule has 218 valence electrons. The minimum atomic E-state index is -0.540. The molecule has 0 bridgehead atoms. The highest BCUT2D eigenvalue weighted by Crippen LogP contribution is 2.26. The van der Waals surface area contributed by atoms with Gasteiger partial charge in [-0.25, -0.2) is 14.3 Å². The van der Waals surface area contributed by atoms with Gasteiger partial charge in [0.05, 0.1) is 17.4 Å². The number of hydrogen-bond donors (Lipinski definition) is 2. The first-order valence-corrected chi connectivity index (χ1v) is 14.8. The van der Waals surface area contributed by atoms with E-state index in [4.69, 9.17) is 9.72 Å². The maximum atomic E-state index is 13.1. The van der Waals surface area contributed by atoms with Crippen molar-refractivity contribution >= 4 is 50.8 Å². The molecule has 3 aromatic carbocycles. The zero-order valence-electron chi connectivity index (χ0n) is 24.1. The average Bonchev–Trinajstić information content (AvgIpc) is 3.46. The Balaban J connectivity index is 1.12. The summed E-state index contributed by atoms with van der Waals surface area (Å²) in [5.74, 6) is 0.386. The van der Waals surface area contributed by atoms with Gasteiger partial charge in [-0.05, 0) is 99.0 Å². The van der Waals surface area contributed by atoms with Crippen LogP contribution in [0.25, 0.3) is 16.8 Å². The smallest absolute Gasteiger partial charge is 0.410 e. The van der Waals surface area contributed by atoms with Gasteiger partial charge in [-0.1, -0.05) is 34.1 Å². The molecule has 2 N–H and O–H groups in total. The van der Waals surface area contributed by atoms with Crippen molar-refractivity contribution in [2.75, 3.05) is 17.2 Å². The maximum Gasteiger partial charge on any atom is 0.410 e. The van der Waals surface area contributed by atoms with Crippen molar-refractivity contribution in [3.8, 4) is 11.3 Å². The number of rotatable bonds is 5. The van der Waals surface area contributed by atoms with Crippen LogP contribution in [0, 0.1) is 0 Å². The lowest BCUT2D eigenvalue weighted by Gasteiger charge is -2.31. The van der Waals surface area contributed by atoms with Gasteiger partial charge in [0.15, 0.2) is 0 Å². The molecule has 0 unspecified atom stereocenters. The van der Waals surface area contributed by atoms with Crippen LogP contribution >= 0.6 is 15.9 Å². The van der Waals surface area contributed by atoms with Crippen LogP contribution in [0.5, 0.6) is 0 Å². The van der Waals surface area contributed by atoms with Crippen LogP contribution in [-0.4, -0.2) is 43.6 Å². The maximum absolute atomic E-state index is 13.1. The molecule has 3 heterocycles. The summed E-state index contributed by atoms with van der Waals surface area (Å²) in [7, 11) is 0. The standard InChI is InChI=1S/C33H31BrN6O3/c1-33(2,3)43-32(42)39-17-15-22-18-23(4-5-24(22)20-39)30(41)36-26-10-12-27(13-11-26)37-31-38-29(19-28-14-16-35-40(28)31)21-6-8-25(34)9-7-21/h4-14,16,18-19H,15,17,20H2,1-3H3,(H,36,41)(H,37,38). The molecule has 5 aromatic rings. The van der Waals surface area contributed by atoms with Crippen molar-refractivity contribution in [2.45, 2.75) is 39.3 Å². The quantitative estimate of drug-likeness (QED) is 0.207. The Morgan fingerprint density at radius 3 is 2.40 bits per heavy atom. The lowest BCUT2D eigenvalue weighted by molar-refractivity contribution is 0.0223. The number of anilines is 3. The lowest BCUT2D eigenvalue weighted by Crippen LogP contribution is -2.39. The van der Waals surface area contributed by atoms with Gasteiger partial charge in [0.25, 0.3) is 5.91 Å². The molecule has 0 radical (unpaired) electrons. The summed E-state index contributed by atoms with van der Waals surface area (Å²) in [6.45, 7) is 6.59. The molecule has 1 aliphatic rings. The Hall–Kier alpha value is -4.70. The van der Waals surface area contributed by atoms with Gasteiger partial charge in [0, 0.05) is 40.1 Å². The topological polar surface area (TPSA) is 101 Å². The van der Waals surface area contributed by atoms with Crippen LogP contribution in [0.3, 0.4) is 0 Å². The van der Waals surface area contributed by atoms with Crippen LogP contribution < -0.4 is 10.6 Å². The molecule has 0 fully saturated rings. The summed E-state index contributed by atoms with van der Waals surface area (Å²) < 4.78 is 8.27. The number of nitrogens with one attached hydrogen (secondary N) is 2. The summed E-state index contributed by atoms with van der Waals surface area (Å²) in [4.78, 5) is 32.1. The number of hydrogen-bond acceptors (Lipinski definition) is 6.